The number of nitrogens with zero attached hydrogens (tertiary/aromatic N) is 2. The van der Waals surface area contributed by atoms with Crippen molar-refractivity contribution < 1.29 is 4.79 Å². The van der Waals surface area contributed by atoms with Crippen LogP contribution in [0.25, 0.3) is 0 Å². The molecule has 1 fully saturated rings. The van der Waals surface area contributed by atoms with Crippen LogP contribution < -0.4 is 10.6 Å². The van der Waals surface area contributed by atoms with E-state index >= 15 is 0 Å². The van der Waals surface area contributed by atoms with Crippen LogP contribution in [0, 0.1) is 0 Å². The molecule has 1 saturated heterocycles. The molecule has 0 aliphatic carbocycles. The molecule has 19 heavy (non-hydrogen) atoms. The second-order valence-electron chi connectivity index (χ2n) is 5.59. The van der Waals surface area contributed by atoms with Crippen LogP contribution in [0.2, 0.25) is 0 Å². The molecule has 1 atom stereocenters. The number of nitrogens with one attached hydrogen (secondary N) is 2. The molecule has 2 N–H and O–H groups in total. The molecule has 1 aliphatic rings. The molecule has 0 aromatic rings. The van der Waals surface area contributed by atoms with Gasteiger partial charge >= 0.3 is 0 Å². The summed E-state index contributed by atoms with van der Waals surface area (Å²) in [6.07, 6.45) is 2.16. The molecule has 1 amide bonds. The van der Waals surface area contributed by atoms with E-state index in [1.807, 2.05) is 7.05 Å². The predicted molar refractivity (Wildman–Crippen MR) is 79.3 cm³/mol. The number of carbonyl (C=O) groups excluding carboxylic acids is 1. The Bertz CT molecular complexity index is 254. The van der Waals surface area contributed by atoms with Gasteiger partial charge in [-0.2, -0.15) is 0 Å². The lowest BCUT2D eigenvalue weighted by atomic mass is 10.2. The fraction of sp³-hybridized carbons (Fsp3) is 0.929. The summed E-state index contributed by atoms with van der Waals surface area (Å²) in [7, 11) is 2.02. The van der Waals surface area contributed by atoms with Crippen molar-refractivity contribution in [3.63, 3.8) is 0 Å². The molecule has 112 valence electrons. The van der Waals surface area contributed by atoms with E-state index in [4.69, 9.17) is 0 Å². The third kappa shape index (κ3) is 7.50. The standard InChI is InChI=1S/C14H30N4O/c1-4-5-13(2)16-14(19)12-17(3)10-11-18-8-6-15-7-9-18/h13,15H,4-12H2,1-3H3,(H,16,19). The second kappa shape index (κ2) is 9.28. The molecular weight excluding hydrogens is 240 g/mol. The smallest absolute Gasteiger partial charge is 0.234 e. The molecule has 0 radical (unpaired) electrons. The second-order valence-corrected chi connectivity index (χ2v) is 5.59. The minimum Gasteiger partial charge on any atom is -0.353 e. The molecule has 0 aromatic carbocycles. The van der Waals surface area contributed by atoms with Gasteiger partial charge in [-0.3, -0.25) is 14.6 Å². The lowest BCUT2D eigenvalue weighted by Gasteiger charge is -2.29. The third-order valence-corrected chi connectivity index (χ3v) is 3.55. The molecule has 5 heteroatoms. The molecule has 0 aromatic heterocycles. The number of amides is 1. The first-order valence-electron chi connectivity index (χ1n) is 7.52. The predicted octanol–water partition coefficient (Wildman–Crippen LogP) is 0.128. The molecule has 1 aliphatic heterocycles. The van der Waals surface area contributed by atoms with Crippen LogP contribution in [0.5, 0.6) is 0 Å². The Morgan fingerprint density at radius 3 is 2.74 bits per heavy atom. The summed E-state index contributed by atoms with van der Waals surface area (Å²) in [5.74, 6) is 0.142. The fourth-order valence-electron chi connectivity index (χ4n) is 2.40. The Morgan fingerprint density at radius 2 is 2.11 bits per heavy atom. The molecule has 0 spiro atoms. The largest absolute Gasteiger partial charge is 0.353 e. The van der Waals surface area contributed by atoms with Gasteiger partial charge in [0.25, 0.3) is 0 Å². The topological polar surface area (TPSA) is 47.6 Å². The van der Waals surface area contributed by atoms with Crippen LogP contribution in [0.4, 0.5) is 0 Å². The van der Waals surface area contributed by atoms with E-state index in [1.165, 1.54) is 0 Å². The van der Waals surface area contributed by atoms with Crippen molar-refractivity contribution in [2.24, 2.45) is 0 Å². The van der Waals surface area contributed by atoms with Gasteiger partial charge in [-0.05, 0) is 20.4 Å². The fourth-order valence-corrected chi connectivity index (χ4v) is 2.40. The lowest BCUT2D eigenvalue weighted by molar-refractivity contribution is -0.122. The molecular formula is C14H30N4O. The van der Waals surface area contributed by atoms with Crippen LogP contribution in [0.15, 0.2) is 0 Å². The Labute approximate surface area is 117 Å². The van der Waals surface area contributed by atoms with Gasteiger partial charge in [-0.15, -0.1) is 0 Å². The normalized spacial score (nSPS) is 18.5. The van der Waals surface area contributed by atoms with Gasteiger partial charge in [-0.25, -0.2) is 0 Å². The van der Waals surface area contributed by atoms with Crippen molar-refractivity contribution in [3.05, 3.63) is 0 Å². The first kappa shape index (κ1) is 16.4. The van der Waals surface area contributed by atoms with Crippen molar-refractivity contribution in [3.8, 4) is 0 Å². The number of likely N-dealkylation sites (N-methyl/N-ethyl adjacent to an activating group) is 1. The molecule has 0 bridgehead atoms. The minimum absolute atomic E-state index is 0.142. The first-order valence-corrected chi connectivity index (χ1v) is 7.52. The van der Waals surface area contributed by atoms with Crippen molar-refractivity contribution in [1.82, 2.24) is 20.4 Å². The molecule has 0 saturated carbocycles. The van der Waals surface area contributed by atoms with Gasteiger partial charge < -0.3 is 10.6 Å². The highest BCUT2D eigenvalue weighted by Crippen LogP contribution is 1.96. The van der Waals surface area contributed by atoms with E-state index in [0.29, 0.717) is 12.6 Å². The highest BCUT2D eigenvalue weighted by Gasteiger charge is 2.12. The van der Waals surface area contributed by atoms with Crippen LogP contribution in [0.3, 0.4) is 0 Å². The van der Waals surface area contributed by atoms with Gasteiger partial charge in [0.1, 0.15) is 0 Å². The Morgan fingerprint density at radius 1 is 1.42 bits per heavy atom. The summed E-state index contributed by atoms with van der Waals surface area (Å²) in [5, 5.41) is 6.39. The maximum absolute atomic E-state index is 11.8. The SMILES string of the molecule is CCCC(C)NC(=O)CN(C)CCN1CCNCC1. The quantitative estimate of drug-likeness (QED) is 0.658. The Kier molecular flexibility index (Phi) is 8.02. The van der Waals surface area contributed by atoms with Gasteiger partial charge in [0.05, 0.1) is 6.54 Å². The number of rotatable bonds is 8. The molecule has 1 rings (SSSR count). The minimum atomic E-state index is 0.142. The zero-order chi connectivity index (χ0) is 14.1. The molecule has 1 heterocycles. The van der Waals surface area contributed by atoms with Crippen molar-refractivity contribution in [2.45, 2.75) is 32.7 Å². The highest BCUT2D eigenvalue weighted by atomic mass is 16.2. The summed E-state index contributed by atoms with van der Waals surface area (Å²) in [6.45, 7) is 11.1. The zero-order valence-corrected chi connectivity index (χ0v) is 12.7. The Hall–Kier alpha value is -0.650. The Balaban J connectivity index is 2.11. The summed E-state index contributed by atoms with van der Waals surface area (Å²) < 4.78 is 0. The summed E-state index contributed by atoms with van der Waals surface area (Å²) in [6, 6.07) is 0.291. The van der Waals surface area contributed by atoms with Crippen molar-refractivity contribution in [1.29, 1.82) is 0 Å². The average molecular weight is 270 g/mol. The first-order chi connectivity index (χ1) is 9.11. The van der Waals surface area contributed by atoms with Crippen molar-refractivity contribution in [2.75, 3.05) is 52.9 Å². The molecule has 5 nitrogen and oxygen atoms in total. The number of piperazine rings is 1. The third-order valence-electron chi connectivity index (χ3n) is 3.55. The van der Waals surface area contributed by atoms with E-state index in [1.54, 1.807) is 0 Å². The van der Waals surface area contributed by atoms with Crippen LogP contribution in [-0.4, -0.2) is 74.6 Å². The van der Waals surface area contributed by atoms with E-state index in [-0.39, 0.29) is 5.91 Å². The number of hydrogen-bond acceptors (Lipinski definition) is 4. The summed E-state index contributed by atoms with van der Waals surface area (Å²) >= 11 is 0. The van der Waals surface area contributed by atoms with Gasteiger partial charge in [0.15, 0.2) is 0 Å². The highest BCUT2D eigenvalue weighted by molar-refractivity contribution is 5.78. The van der Waals surface area contributed by atoms with E-state index in [9.17, 15) is 4.79 Å². The van der Waals surface area contributed by atoms with Gasteiger partial charge in [0, 0.05) is 45.3 Å². The van der Waals surface area contributed by atoms with E-state index in [2.05, 4.69) is 34.3 Å². The van der Waals surface area contributed by atoms with Gasteiger partial charge in [-0.1, -0.05) is 13.3 Å². The zero-order valence-electron chi connectivity index (χ0n) is 12.7. The summed E-state index contributed by atoms with van der Waals surface area (Å²) in [5.41, 5.74) is 0. The lowest BCUT2D eigenvalue weighted by Crippen LogP contribution is -2.47. The van der Waals surface area contributed by atoms with E-state index < -0.39 is 0 Å². The van der Waals surface area contributed by atoms with Crippen molar-refractivity contribution >= 4 is 5.91 Å². The maximum atomic E-state index is 11.8. The summed E-state index contributed by atoms with van der Waals surface area (Å²) in [4.78, 5) is 16.4. The van der Waals surface area contributed by atoms with Gasteiger partial charge in [0.2, 0.25) is 5.91 Å². The monoisotopic (exact) mass is 270 g/mol. The maximum Gasteiger partial charge on any atom is 0.234 e. The molecule has 1 unspecified atom stereocenters. The van der Waals surface area contributed by atoms with Crippen LogP contribution >= 0.6 is 0 Å². The van der Waals surface area contributed by atoms with E-state index in [0.717, 1.165) is 52.1 Å². The number of hydrogen-bond donors (Lipinski definition) is 2. The average Bonchev–Trinajstić information content (AvgIpc) is 2.37. The van der Waals surface area contributed by atoms with Crippen LogP contribution in [-0.2, 0) is 4.79 Å². The number of carbonyl (C=O) groups is 1. The van der Waals surface area contributed by atoms with Crippen LogP contribution in [0.1, 0.15) is 26.7 Å².